The van der Waals surface area contributed by atoms with Crippen LogP contribution >= 0.6 is 0 Å². The molecule has 2 rings (SSSR count). The fourth-order valence-corrected chi connectivity index (χ4v) is 3.27. The summed E-state index contributed by atoms with van der Waals surface area (Å²) in [6.45, 7) is 4.19. The molecule has 1 saturated carbocycles. The van der Waals surface area contributed by atoms with Crippen molar-refractivity contribution in [3.05, 3.63) is 0 Å². The Balaban J connectivity index is 1.90. The molecule has 2 aliphatic rings. The zero-order chi connectivity index (χ0) is 13.9. The molecule has 19 heavy (non-hydrogen) atoms. The van der Waals surface area contributed by atoms with Gasteiger partial charge in [-0.15, -0.1) is 0 Å². The van der Waals surface area contributed by atoms with E-state index in [1.807, 2.05) is 6.92 Å². The maximum atomic E-state index is 12.4. The van der Waals surface area contributed by atoms with Crippen LogP contribution in [0.5, 0.6) is 0 Å². The molecule has 3 N–H and O–H groups in total. The molecular formula is C14H24N2O3. The minimum atomic E-state index is -0.762. The highest BCUT2D eigenvalue weighted by molar-refractivity contribution is 5.83. The van der Waals surface area contributed by atoms with Crippen molar-refractivity contribution in [3.8, 4) is 0 Å². The van der Waals surface area contributed by atoms with E-state index in [-0.39, 0.29) is 23.2 Å². The van der Waals surface area contributed by atoms with Crippen molar-refractivity contribution in [2.45, 2.75) is 45.4 Å². The Labute approximate surface area is 114 Å². The molecule has 1 aliphatic carbocycles. The first-order chi connectivity index (χ1) is 9.02. The second-order valence-electron chi connectivity index (χ2n) is 6.17. The van der Waals surface area contributed by atoms with Gasteiger partial charge in [0.25, 0.3) is 0 Å². The molecule has 0 aromatic carbocycles. The lowest BCUT2D eigenvalue weighted by atomic mass is 9.66. The third-order valence-corrected chi connectivity index (χ3v) is 4.97. The van der Waals surface area contributed by atoms with Crippen LogP contribution in [0.1, 0.15) is 45.4 Å². The molecule has 0 spiro atoms. The van der Waals surface area contributed by atoms with Crippen LogP contribution in [0.4, 0.5) is 0 Å². The van der Waals surface area contributed by atoms with Gasteiger partial charge < -0.3 is 15.7 Å². The predicted octanol–water partition coefficient (Wildman–Crippen LogP) is 1.14. The second-order valence-corrected chi connectivity index (χ2v) is 6.17. The summed E-state index contributed by atoms with van der Waals surface area (Å²) in [6.07, 6.45) is 4.78. The van der Waals surface area contributed by atoms with E-state index in [0.717, 1.165) is 45.2 Å². The van der Waals surface area contributed by atoms with Gasteiger partial charge in [-0.1, -0.05) is 13.3 Å². The van der Waals surface area contributed by atoms with E-state index in [1.165, 1.54) is 0 Å². The smallest absolute Gasteiger partial charge is 0.303 e. The summed E-state index contributed by atoms with van der Waals surface area (Å²) in [5.74, 6) is -0.668. The van der Waals surface area contributed by atoms with Crippen molar-refractivity contribution in [1.29, 1.82) is 0 Å². The molecule has 5 heteroatoms. The molecule has 1 saturated heterocycles. The zero-order valence-corrected chi connectivity index (χ0v) is 11.6. The number of nitrogens with one attached hydrogen (secondary N) is 2. The Morgan fingerprint density at radius 1 is 1.32 bits per heavy atom. The molecule has 1 unspecified atom stereocenters. The highest BCUT2D eigenvalue weighted by Gasteiger charge is 2.43. The summed E-state index contributed by atoms with van der Waals surface area (Å²) >= 11 is 0. The molecule has 1 heterocycles. The first-order valence-corrected chi connectivity index (χ1v) is 7.23. The predicted molar refractivity (Wildman–Crippen MR) is 71.8 cm³/mol. The fourth-order valence-electron chi connectivity index (χ4n) is 3.27. The SMILES string of the molecule is CCC1(C(=O)NCC2(CC(=O)O)CCC2)CCNC1. The molecular weight excluding hydrogens is 244 g/mol. The highest BCUT2D eigenvalue weighted by atomic mass is 16.4. The van der Waals surface area contributed by atoms with Crippen molar-refractivity contribution in [1.82, 2.24) is 10.6 Å². The minimum Gasteiger partial charge on any atom is -0.481 e. The summed E-state index contributed by atoms with van der Waals surface area (Å²) in [6, 6.07) is 0. The number of rotatable bonds is 6. The molecule has 1 amide bonds. The number of carboxylic acids is 1. The Kier molecular flexibility index (Phi) is 4.13. The van der Waals surface area contributed by atoms with Crippen LogP contribution in [0.25, 0.3) is 0 Å². The van der Waals surface area contributed by atoms with E-state index in [1.54, 1.807) is 0 Å². The summed E-state index contributed by atoms with van der Waals surface area (Å²) in [5.41, 5.74) is -0.476. The number of hydrogen-bond acceptors (Lipinski definition) is 3. The van der Waals surface area contributed by atoms with Crippen molar-refractivity contribution in [2.24, 2.45) is 10.8 Å². The monoisotopic (exact) mass is 268 g/mol. The largest absolute Gasteiger partial charge is 0.481 e. The normalized spacial score (nSPS) is 28.7. The quantitative estimate of drug-likeness (QED) is 0.675. The van der Waals surface area contributed by atoms with E-state index in [9.17, 15) is 9.59 Å². The summed E-state index contributed by atoms with van der Waals surface area (Å²) in [7, 11) is 0. The number of amides is 1. The van der Waals surface area contributed by atoms with Gasteiger partial charge in [-0.05, 0) is 37.6 Å². The van der Waals surface area contributed by atoms with Crippen LogP contribution in [0.3, 0.4) is 0 Å². The molecule has 0 aromatic heterocycles. The topological polar surface area (TPSA) is 78.4 Å². The van der Waals surface area contributed by atoms with E-state index < -0.39 is 5.97 Å². The van der Waals surface area contributed by atoms with Crippen molar-refractivity contribution < 1.29 is 14.7 Å². The van der Waals surface area contributed by atoms with Gasteiger partial charge in [-0.25, -0.2) is 0 Å². The van der Waals surface area contributed by atoms with Gasteiger partial charge in [0.1, 0.15) is 0 Å². The van der Waals surface area contributed by atoms with E-state index >= 15 is 0 Å². The average Bonchev–Trinajstić information content (AvgIpc) is 2.81. The Morgan fingerprint density at radius 3 is 2.47 bits per heavy atom. The Morgan fingerprint density at radius 2 is 2.05 bits per heavy atom. The lowest BCUT2D eigenvalue weighted by molar-refractivity contribution is -0.142. The maximum absolute atomic E-state index is 12.4. The first kappa shape index (κ1) is 14.3. The van der Waals surface area contributed by atoms with Gasteiger partial charge in [0, 0.05) is 13.1 Å². The maximum Gasteiger partial charge on any atom is 0.303 e. The van der Waals surface area contributed by atoms with Gasteiger partial charge in [0.05, 0.1) is 11.8 Å². The summed E-state index contributed by atoms with van der Waals surface area (Å²) < 4.78 is 0. The lowest BCUT2D eigenvalue weighted by Crippen LogP contribution is -2.49. The van der Waals surface area contributed by atoms with Gasteiger partial charge in [0.2, 0.25) is 5.91 Å². The first-order valence-electron chi connectivity index (χ1n) is 7.23. The third kappa shape index (κ3) is 2.91. The Hall–Kier alpha value is -1.10. The molecule has 2 fully saturated rings. The summed E-state index contributed by atoms with van der Waals surface area (Å²) in [4.78, 5) is 23.3. The third-order valence-electron chi connectivity index (χ3n) is 4.97. The standard InChI is InChI=1S/C14H24N2O3/c1-2-14(6-7-15-10-14)12(19)16-9-13(4-3-5-13)8-11(17)18/h15H,2-10H2,1H3,(H,16,19)(H,17,18). The van der Waals surface area contributed by atoms with Crippen molar-refractivity contribution in [2.75, 3.05) is 19.6 Å². The van der Waals surface area contributed by atoms with E-state index in [0.29, 0.717) is 6.54 Å². The molecule has 1 aliphatic heterocycles. The molecule has 5 nitrogen and oxygen atoms in total. The number of carbonyl (C=O) groups excluding carboxylic acids is 1. The number of aliphatic carboxylic acids is 1. The number of carbonyl (C=O) groups is 2. The van der Waals surface area contributed by atoms with Gasteiger partial charge in [-0.2, -0.15) is 0 Å². The van der Waals surface area contributed by atoms with Crippen LogP contribution in [-0.4, -0.2) is 36.6 Å². The van der Waals surface area contributed by atoms with Gasteiger partial charge >= 0.3 is 5.97 Å². The number of hydrogen-bond donors (Lipinski definition) is 3. The Bertz CT molecular complexity index is 358. The molecule has 0 aromatic rings. The summed E-state index contributed by atoms with van der Waals surface area (Å²) in [5, 5.41) is 15.2. The second kappa shape index (κ2) is 5.49. The van der Waals surface area contributed by atoms with Gasteiger partial charge in [-0.3, -0.25) is 9.59 Å². The molecule has 0 radical (unpaired) electrons. The van der Waals surface area contributed by atoms with Crippen LogP contribution in [0, 0.1) is 10.8 Å². The zero-order valence-electron chi connectivity index (χ0n) is 11.6. The lowest BCUT2D eigenvalue weighted by Gasteiger charge is -2.41. The molecule has 1 atom stereocenters. The number of carboxylic acid groups (broad SMARTS) is 1. The van der Waals surface area contributed by atoms with Gasteiger partial charge in [0.15, 0.2) is 0 Å². The minimum absolute atomic E-state index is 0.0941. The fraction of sp³-hybridized carbons (Fsp3) is 0.857. The van der Waals surface area contributed by atoms with Crippen LogP contribution < -0.4 is 10.6 Å². The van der Waals surface area contributed by atoms with Crippen molar-refractivity contribution in [3.63, 3.8) is 0 Å². The van der Waals surface area contributed by atoms with Crippen LogP contribution in [0.15, 0.2) is 0 Å². The molecule has 108 valence electrons. The molecule has 0 bridgehead atoms. The average molecular weight is 268 g/mol. The van der Waals surface area contributed by atoms with E-state index in [4.69, 9.17) is 5.11 Å². The van der Waals surface area contributed by atoms with Crippen molar-refractivity contribution >= 4 is 11.9 Å². The van der Waals surface area contributed by atoms with Crippen LogP contribution in [0.2, 0.25) is 0 Å². The highest BCUT2D eigenvalue weighted by Crippen LogP contribution is 2.43. The van der Waals surface area contributed by atoms with E-state index in [2.05, 4.69) is 10.6 Å². The van der Waals surface area contributed by atoms with Crippen LogP contribution in [-0.2, 0) is 9.59 Å².